The number of benzene rings is 6. The molecule has 0 atom stereocenters. The van der Waals surface area contributed by atoms with Gasteiger partial charge in [-0.05, 0) is 147 Å². The zero-order valence-corrected chi connectivity index (χ0v) is 31.7. The fraction of sp³-hybridized carbons (Fsp3) is 0.217. The van der Waals surface area contributed by atoms with E-state index in [4.69, 9.17) is 18.1 Å². The molecule has 2 aliphatic rings. The van der Waals surface area contributed by atoms with Gasteiger partial charge in [-0.25, -0.2) is 0 Å². The van der Waals surface area contributed by atoms with Crippen molar-refractivity contribution in [1.29, 1.82) is 0 Å². The lowest BCUT2D eigenvalue weighted by Gasteiger charge is -2.33. The van der Waals surface area contributed by atoms with Crippen molar-refractivity contribution in [3.05, 3.63) is 167 Å². The highest BCUT2D eigenvalue weighted by Gasteiger charge is 2.36. The van der Waals surface area contributed by atoms with E-state index in [1.54, 1.807) is 0 Å². The van der Waals surface area contributed by atoms with Crippen LogP contribution in [0.15, 0.2) is 133 Å². The van der Waals surface area contributed by atoms with Crippen molar-refractivity contribution in [3.8, 4) is 34.1 Å². The minimum Gasteiger partial charge on any atom is -0.435 e. The number of rotatable bonds is 11. The standard InChI is InChI=1S/C46H44O4P2/c1-33-31-35-19-15-17-29-41(35)43(45(33)51(47-37-21-7-3-8-22-37)48-38-23-9-4-10-24-38)44-42-30-18-16-20-36(42)32-34(2)46(44)52(49-39-25-11-5-12-26-39)50-40-27-13-6-14-28-40/h3-14,21-28,31-32H,15-20,29-30H2,1-2H3. The Labute approximate surface area is 310 Å². The minimum atomic E-state index is -1.61. The maximum atomic E-state index is 6.99. The second-order valence-electron chi connectivity index (χ2n) is 13.7. The first-order chi connectivity index (χ1) is 25.6. The molecule has 262 valence electrons. The van der Waals surface area contributed by atoms with Crippen LogP contribution in [-0.2, 0) is 25.7 Å². The van der Waals surface area contributed by atoms with Crippen LogP contribution in [0.4, 0.5) is 0 Å². The third-order valence-corrected chi connectivity index (χ3v) is 13.4. The first-order valence-electron chi connectivity index (χ1n) is 18.5. The van der Waals surface area contributed by atoms with Crippen molar-refractivity contribution >= 4 is 27.4 Å². The summed E-state index contributed by atoms with van der Waals surface area (Å²) in [6.45, 7) is 4.49. The van der Waals surface area contributed by atoms with Gasteiger partial charge in [-0.2, -0.15) is 0 Å². The normalized spacial score (nSPS) is 13.7. The van der Waals surface area contributed by atoms with E-state index in [1.165, 1.54) is 57.3 Å². The van der Waals surface area contributed by atoms with Crippen molar-refractivity contribution in [3.63, 3.8) is 0 Å². The molecule has 0 unspecified atom stereocenters. The average molecular weight is 723 g/mol. The summed E-state index contributed by atoms with van der Waals surface area (Å²) >= 11 is 0. The molecule has 0 aliphatic heterocycles. The lowest BCUT2D eigenvalue weighted by atomic mass is 9.79. The highest BCUT2D eigenvalue weighted by Crippen LogP contribution is 2.51. The highest BCUT2D eigenvalue weighted by atomic mass is 31.2. The summed E-state index contributed by atoms with van der Waals surface area (Å²) in [5, 5.41) is 2.27. The topological polar surface area (TPSA) is 36.9 Å². The van der Waals surface area contributed by atoms with E-state index in [9.17, 15) is 0 Å². The molecule has 0 aromatic heterocycles. The summed E-state index contributed by atoms with van der Waals surface area (Å²) in [5.74, 6) is 3.17. The molecule has 0 spiro atoms. The third kappa shape index (κ3) is 7.47. The Kier molecular flexibility index (Phi) is 10.6. The van der Waals surface area contributed by atoms with Crippen molar-refractivity contribution in [2.75, 3.05) is 0 Å². The number of hydrogen-bond donors (Lipinski definition) is 0. The largest absolute Gasteiger partial charge is 0.435 e. The van der Waals surface area contributed by atoms with Crippen LogP contribution in [0.5, 0.6) is 23.0 Å². The number of fused-ring (bicyclic) bond motifs is 2. The van der Waals surface area contributed by atoms with Crippen LogP contribution in [-0.4, -0.2) is 0 Å². The van der Waals surface area contributed by atoms with Crippen molar-refractivity contribution < 1.29 is 18.1 Å². The molecule has 0 radical (unpaired) electrons. The number of hydrogen-bond acceptors (Lipinski definition) is 4. The van der Waals surface area contributed by atoms with Gasteiger partial charge in [0.1, 0.15) is 23.0 Å². The SMILES string of the molecule is Cc1cc2c(c(-c3c4c(cc(C)c3P(Oc3ccccc3)Oc3ccccc3)CCCC4)c1P(Oc1ccccc1)Oc1ccccc1)CCCC2. The zero-order chi connectivity index (χ0) is 35.3. The Morgan fingerprint density at radius 3 is 0.981 bits per heavy atom. The summed E-state index contributed by atoms with van der Waals surface area (Å²) in [4.78, 5) is 0. The summed E-state index contributed by atoms with van der Waals surface area (Å²) in [6.07, 6.45) is 8.85. The molecule has 6 aromatic rings. The van der Waals surface area contributed by atoms with Gasteiger partial charge in [0.05, 0.1) is 10.6 Å². The summed E-state index contributed by atoms with van der Waals surface area (Å²) in [6, 6.07) is 45.3. The molecule has 0 saturated carbocycles. The molecule has 52 heavy (non-hydrogen) atoms. The fourth-order valence-electron chi connectivity index (χ4n) is 7.62. The molecular formula is C46H44O4P2. The maximum absolute atomic E-state index is 6.99. The van der Waals surface area contributed by atoms with Crippen molar-refractivity contribution in [2.24, 2.45) is 0 Å². The molecule has 2 aliphatic carbocycles. The van der Waals surface area contributed by atoms with Gasteiger partial charge in [0, 0.05) is 11.1 Å². The van der Waals surface area contributed by atoms with Crippen LogP contribution in [0.1, 0.15) is 59.1 Å². The molecule has 4 nitrogen and oxygen atoms in total. The van der Waals surface area contributed by atoms with Crippen LogP contribution in [0, 0.1) is 13.8 Å². The summed E-state index contributed by atoms with van der Waals surface area (Å²) in [5.41, 5.74) is 10.6. The van der Waals surface area contributed by atoms with E-state index in [1.807, 2.05) is 121 Å². The molecule has 0 amide bonds. The predicted octanol–water partition coefficient (Wildman–Crippen LogP) is 11.9. The van der Waals surface area contributed by atoms with E-state index < -0.39 is 16.8 Å². The van der Waals surface area contributed by atoms with Gasteiger partial charge in [-0.1, -0.05) is 84.9 Å². The second-order valence-corrected chi connectivity index (χ2v) is 16.3. The van der Waals surface area contributed by atoms with Gasteiger partial charge in [0.15, 0.2) is 0 Å². The van der Waals surface area contributed by atoms with E-state index in [0.717, 1.165) is 72.1 Å². The third-order valence-electron chi connectivity index (χ3n) is 9.97. The molecule has 0 N–H and O–H groups in total. The van der Waals surface area contributed by atoms with Gasteiger partial charge in [0.25, 0.3) is 0 Å². The molecular weight excluding hydrogens is 678 g/mol. The fourth-order valence-corrected chi connectivity index (χ4v) is 10.9. The Balaban J connectivity index is 1.41. The number of para-hydroxylation sites is 4. The zero-order valence-electron chi connectivity index (χ0n) is 29.9. The second kappa shape index (κ2) is 16.0. The number of aryl methyl sites for hydroxylation is 4. The molecule has 6 aromatic carbocycles. The van der Waals surface area contributed by atoms with Gasteiger partial charge in [-0.15, -0.1) is 0 Å². The molecule has 0 heterocycles. The lowest BCUT2D eigenvalue weighted by Crippen LogP contribution is -2.27. The lowest BCUT2D eigenvalue weighted by molar-refractivity contribution is 0.500. The Hall–Kier alpha value is -4.62. The van der Waals surface area contributed by atoms with Gasteiger partial charge < -0.3 is 18.1 Å². The summed E-state index contributed by atoms with van der Waals surface area (Å²) < 4.78 is 28.0. The van der Waals surface area contributed by atoms with Crippen LogP contribution in [0.25, 0.3) is 11.1 Å². The molecule has 8 rings (SSSR count). The molecule has 6 heteroatoms. The van der Waals surface area contributed by atoms with Crippen LogP contribution in [0.3, 0.4) is 0 Å². The first kappa shape index (κ1) is 34.5. The molecule has 0 bridgehead atoms. The van der Waals surface area contributed by atoms with Crippen molar-refractivity contribution in [1.82, 2.24) is 0 Å². The average Bonchev–Trinajstić information content (AvgIpc) is 3.18. The van der Waals surface area contributed by atoms with Crippen molar-refractivity contribution in [2.45, 2.75) is 65.2 Å². The summed E-state index contributed by atoms with van der Waals surface area (Å²) in [7, 11) is -3.23. The predicted molar refractivity (Wildman–Crippen MR) is 216 cm³/mol. The van der Waals surface area contributed by atoms with Crippen LogP contribution < -0.4 is 28.7 Å². The Morgan fingerprint density at radius 2 is 0.673 bits per heavy atom. The van der Waals surface area contributed by atoms with Crippen LogP contribution >= 0.6 is 16.8 Å². The van der Waals surface area contributed by atoms with E-state index in [2.05, 4.69) is 26.0 Å². The quantitative estimate of drug-likeness (QED) is 0.125. The molecule has 0 fully saturated rings. The van der Waals surface area contributed by atoms with E-state index >= 15 is 0 Å². The monoisotopic (exact) mass is 722 g/mol. The first-order valence-corrected chi connectivity index (χ1v) is 20.8. The minimum absolute atomic E-state index is 0.793. The van der Waals surface area contributed by atoms with Gasteiger partial charge in [-0.3, -0.25) is 0 Å². The van der Waals surface area contributed by atoms with Gasteiger partial charge in [0.2, 0.25) is 0 Å². The van der Waals surface area contributed by atoms with Crippen LogP contribution in [0.2, 0.25) is 0 Å². The highest BCUT2D eigenvalue weighted by molar-refractivity contribution is 7.58. The Bertz CT molecular complexity index is 1880. The molecule has 0 saturated heterocycles. The van der Waals surface area contributed by atoms with Gasteiger partial charge >= 0.3 is 16.8 Å². The Morgan fingerprint density at radius 1 is 0.385 bits per heavy atom. The smallest absolute Gasteiger partial charge is 0.327 e. The maximum Gasteiger partial charge on any atom is 0.327 e. The van der Waals surface area contributed by atoms with E-state index in [0.29, 0.717) is 0 Å². The van der Waals surface area contributed by atoms with E-state index in [-0.39, 0.29) is 0 Å².